The number of rotatable bonds is 7. The van der Waals surface area contributed by atoms with Crippen molar-refractivity contribution in [2.24, 2.45) is 0 Å². The molecule has 0 fully saturated rings. The number of aliphatic carboxylic acids is 1. The number of aryl methyl sites for hydroxylation is 1. The van der Waals surface area contributed by atoms with E-state index in [4.69, 9.17) is 9.84 Å². The van der Waals surface area contributed by atoms with Gasteiger partial charge in [-0.05, 0) is 18.6 Å². The van der Waals surface area contributed by atoms with Crippen LogP contribution in [0.4, 0.5) is 0 Å². The zero-order valence-electron chi connectivity index (χ0n) is 11.3. The van der Waals surface area contributed by atoms with E-state index in [1.54, 1.807) is 7.05 Å². The minimum Gasteiger partial charge on any atom is -0.493 e. The highest BCUT2D eigenvalue weighted by atomic mass is 16.5. The van der Waals surface area contributed by atoms with Crippen molar-refractivity contribution in [2.75, 3.05) is 20.2 Å². The number of benzene rings is 1. The van der Waals surface area contributed by atoms with Crippen LogP contribution >= 0.6 is 0 Å². The molecular formula is C14H19NO4. The Balaban J connectivity index is 2.31. The van der Waals surface area contributed by atoms with Crippen LogP contribution < -0.4 is 4.74 Å². The largest absolute Gasteiger partial charge is 0.493 e. The molecule has 0 saturated heterocycles. The summed E-state index contributed by atoms with van der Waals surface area (Å²) in [5.41, 5.74) is 1.02. The number of nitrogens with zero attached hydrogens (tertiary/aromatic N) is 1. The highest BCUT2D eigenvalue weighted by Gasteiger charge is 2.10. The maximum Gasteiger partial charge on any atom is 0.305 e. The second kappa shape index (κ2) is 7.41. The minimum atomic E-state index is -0.907. The Kier molecular flexibility index (Phi) is 5.85. The van der Waals surface area contributed by atoms with Crippen LogP contribution in [0.2, 0.25) is 0 Å². The molecule has 104 valence electrons. The molecule has 0 aliphatic rings. The standard InChI is InChI=1S/C14H19NO4/c1-11-5-3-4-6-12(11)19-10-8-13(16)15(2)9-7-14(17)18/h3-6H,7-10H2,1-2H3,(H,17,18). The van der Waals surface area contributed by atoms with Crippen molar-refractivity contribution in [3.05, 3.63) is 29.8 Å². The van der Waals surface area contributed by atoms with Crippen molar-refractivity contribution in [3.63, 3.8) is 0 Å². The van der Waals surface area contributed by atoms with Gasteiger partial charge in [-0.15, -0.1) is 0 Å². The lowest BCUT2D eigenvalue weighted by Gasteiger charge is -2.16. The van der Waals surface area contributed by atoms with E-state index in [1.165, 1.54) is 4.90 Å². The van der Waals surface area contributed by atoms with E-state index in [2.05, 4.69) is 0 Å². The Bertz CT molecular complexity index is 445. The third-order valence-electron chi connectivity index (χ3n) is 2.75. The van der Waals surface area contributed by atoms with Gasteiger partial charge in [-0.2, -0.15) is 0 Å². The van der Waals surface area contributed by atoms with Gasteiger partial charge in [-0.3, -0.25) is 9.59 Å². The topological polar surface area (TPSA) is 66.8 Å². The predicted octanol–water partition coefficient (Wildman–Crippen LogP) is 1.70. The second-order valence-corrected chi connectivity index (χ2v) is 4.32. The summed E-state index contributed by atoms with van der Waals surface area (Å²) in [6.07, 6.45) is 0.200. The van der Waals surface area contributed by atoms with Crippen LogP contribution in [-0.4, -0.2) is 42.1 Å². The highest BCUT2D eigenvalue weighted by Crippen LogP contribution is 2.16. The number of hydrogen-bond acceptors (Lipinski definition) is 3. The van der Waals surface area contributed by atoms with Gasteiger partial charge in [-0.25, -0.2) is 0 Å². The first kappa shape index (κ1) is 15.0. The molecule has 0 aliphatic heterocycles. The average Bonchev–Trinajstić information content (AvgIpc) is 2.38. The molecule has 0 spiro atoms. The van der Waals surface area contributed by atoms with Gasteiger partial charge in [0, 0.05) is 13.6 Å². The normalized spacial score (nSPS) is 10.0. The first-order chi connectivity index (χ1) is 9.00. The Morgan fingerprint density at radius 3 is 2.58 bits per heavy atom. The molecule has 1 rings (SSSR count). The van der Waals surface area contributed by atoms with Crippen LogP contribution in [0.25, 0.3) is 0 Å². The maximum atomic E-state index is 11.7. The first-order valence-corrected chi connectivity index (χ1v) is 6.15. The van der Waals surface area contributed by atoms with E-state index in [-0.39, 0.29) is 25.3 Å². The van der Waals surface area contributed by atoms with Crippen LogP contribution in [0.3, 0.4) is 0 Å². The SMILES string of the molecule is Cc1ccccc1OCCC(=O)N(C)CCC(=O)O. The molecule has 1 N–H and O–H groups in total. The Labute approximate surface area is 112 Å². The lowest BCUT2D eigenvalue weighted by Crippen LogP contribution is -2.30. The van der Waals surface area contributed by atoms with Crippen molar-refractivity contribution < 1.29 is 19.4 Å². The average molecular weight is 265 g/mol. The molecule has 0 aliphatic carbocycles. The fraction of sp³-hybridized carbons (Fsp3) is 0.429. The molecule has 0 unspecified atom stereocenters. The third kappa shape index (κ3) is 5.42. The lowest BCUT2D eigenvalue weighted by molar-refractivity contribution is -0.138. The fourth-order valence-corrected chi connectivity index (χ4v) is 1.55. The summed E-state index contributed by atoms with van der Waals surface area (Å²) in [6, 6.07) is 7.60. The minimum absolute atomic E-state index is 0.0408. The number of carbonyl (C=O) groups is 2. The summed E-state index contributed by atoms with van der Waals surface area (Å²) < 4.78 is 5.52. The molecule has 5 nitrogen and oxygen atoms in total. The van der Waals surface area contributed by atoms with E-state index in [1.807, 2.05) is 31.2 Å². The summed E-state index contributed by atoms with van der Waals surface area (Å²) in [7, 11) is 1.60. The van der Waals surface area contributed by atoms with Gasteiger partial charge in [0.05, 0.1) is 19.4 Å². The zero-order valence-corrected chi connectivity index (χ0v) is 11.3. The van der Waals surface area contributed by atoms with E-state index >= 15 is 0 Å². The number of carboxylic acids is 1. The van der Waals surface area contributed by atoms with Gasteiger partial charge in [0.2, 0.25) is 5.91 Å². The highest BCUT2D eigenvalue weighted by molar-refractivity contribution is 5.76. The van der Waals surface area contributed by atoms with Crippen LogP contribution in [-0.2, 0) is 9.59 Å². The zero-order chi connectivity index (χ0) is 14.3. The van der Waals surface area contributed by atoms with Crippen molar-refractivity contribution in [2.45, 2.75) is 19.8 Å². The molecule has 5 heteroatoms. The first-order valence-electron chi connectivity index (χ1n) is 6.15. The number of carboxylic acid groups (broad SMARTS) is 1. The Morgan fingerprint density at radius 2 is 1.95 bits per heavy atom. The molecule has 1 aromatic carbocycles. The van der Waals surface area contributed by atoms with Gasteiger partial charge >= 0.3 is 5.97 Å². The maximum absolute atomic E-state index is 11.7. The molecule has 0 bridgehead atoms. The van der Waals surface area contributed by atoms with E-state index in [0.29, 0.717) is 6.61 Å². The number of ether oxygens (including phenoxy) is 1. The molecule has 0 atom stereocenters. The lowest BCUT2D eigenvalue weighted by atomic mass is 10.2. The van der Waals surface area contributed by atoms with Gasteiger partial charge in [0.25, 0.3) is 0 Å². The van der Waals surface area contributed by atoms with E-state index in [9.17, 15) is 9.59 Å². The van der Waals surface area contributed by atoms with Crippen LogP contribution in [0, 0.1) is 6.92 Å². The summed E-state index contributed by atoms with van der Waals surface area (Å²) in [4.78, 5) is 23.5. The monoisotopic (exact) mass is 265 g/mol. The molecule has 0 heterocycles. The smallest absolute Gasteiger partial charge is 0.305 e. The van der Waals surface area contributed by atoms with Crippen molar-refractivity contribution in [3.8, 4) is 5.75 Å². The fourth-order valence-electron chi connectivity index (χ4n) is 1.55. The van der Waals surface area contributed by atoms with Gasteiger partial charge in [-0.1, -0.05) is 18.2 Å². The van der Waals surface area contributed by atoms with E-state index < -0.39 is 5.97 Å². The molecular weight excluding hydrogens is 246 g/mol. The predicted molar refractivity (Wildman–Crippen MR) is 71.2 cm³/mol. The number of hydrogen-bond donors (Lipinski definition) is 1. The molecule has 1 aromatic rings. The Hall–Kier alpha value is -2.04. The van der Waals surface area contributed by atoms with E-state index in [0.717, 1.165) is 11.3 Å². The number of para-hydroxylation sites is 1. The second-order valence-electron chi connectivity index (χ2n) is 4.32. The number of carbonyl (C=O) groups excluding carboxylic acids is 1. The van der Waals surface area contributed by atoms with Crippen LogP contribution in [0.1, 0.15) is 18.4 Å². The van der Waals surface area contributed by atoms with Gasteiger partial charge in [0.1, 0.15) is 5.75 Å². The van der Waals surface area contributed by atoms with Crippen molar-refractivity contribution in [1.82, 2.24) is 4.90 Å². The summed E-state index contributed by atoms with van der Waals surface area (Å²) in [5, 5.41) is 8.54. The van der Waals surface area contributed by atoms with Crippen LogP contribution in [0.15, 0.2) is 24.3 Å². The van der Waals surface area contributed by atoms with Crippen molar-refractivity contribution >= 4 is 11.9 Å². The van der Waals surface area contributed by atoms with Gasteiger partial charge in [0.15, 0.2) is 0 Å². The Morgan fingerprint density at radius 1 is 1.26 bits per heavy atom. The van der Waals surface area contributed by atoms with Gasteiger partial charge < -0.3 is 14.7 Å². The van der Waals surface area contributed by atoms with Crippen molar-refractivity contribution in [1.29, 1.82) is 0 Å². The van der Waals surface area contributed by atoms with Crippen LogP contribution in [0.5, 0.6) is 5.75 Å². The molecule has 0 aromatic heterocycles. The number of amides is 1. The third-order valence-corrected chi connectivity index (χ3v) is 2.75. The summed E-state index contributed by atoms with van der Waals surface area (Å²) >= 11 is 0. The molecule has 19 heavy (non-hydrogen) atoms. The molecule has 1 amide bonds. The summed E-state index contributed by atoms with van der Waals surface area (Å²) in [6.45, 7) is 2.45. The quantitative estimate of drug-likeness (QED) is 0.814. The molecule has 0 saturated carbocycles. The molecule has 0 radical (unpaired) electrons. The summed E-state index contributed by atoms with van der Waals surface area (Å²) in [5.74, 6) is -0.255.